The van der Waals surface area contributed by atoms with E-state index in [-0.39, 0.29) is 5.91 Å². The molecule has 0 radical (unpaired) electrons. The van der Waals surface area contributed by atoms with Gasteiger partial charge in [0.25, 0.3) is 5.91 Å². The van der Waals surface area contributed by atoms with Crippen LogP contribution in [0.2, 0.25) is 0 Å². The number of nitrogens with zero attached hydrogens (tertiary/aromatic N) is 2. The number of thiophene rings is 1. The van der Waals surface area contributed by atoms with Gasteiger partial charge in [-0.05, 0) is 29.6 Å². The molecule has 0 unspecified atom stereocenters. The number of carbonyl (C=O) groups excluding carboxylic acids is 1. The van der Waals surface area contributed by atoms with Gasteiger partial charge in [-0.25, -0.2) is 0 Å². The molecule has 0 saturated carbocycles. The molecule has 24 heavy (non-hydrogen) atoms. The van der Waals surface area contributed by atoms with Gasteiger partial charge in [0.1, 0.15) is 12.4 Å². The minimum Gasteiger partial charge on any atom is -0.491 e. The predicted octanol–water partition coefficient (Wildman–Crippen LogP) is 2.62. The first-order valence-corrected chi connectivity index (χ1v) is 9.15. The van der Waals surface area contributed by atoms with Gasteiger partial charge in [0.15, 0.2) is 0 Å². The molecule has 2 aliphatic rings. The van der Waals surface area contributed by atoms with E-state index >= 15 is 0 Å². The van der Waals surface area contributed by atoms with Crippen molar-refractivity contribution in [1.29, 1.82) is 0 Å². The summed E-state index contributed by atoms with van der Waals surface area (Å²) in [6.45, 7) is 5.04. The van der Waals surface area contributed by atoms with E-state index in [1.807, 2.05) is 27.8 Å². The minimum absolute atomic E-state index is 0.0736. The van der Waals surface area contributed by atoms with E-state index in [2.05, 4.69) is 17.0 Å². The highest BCUT2D eigenvalue weighted by atomic mass is 32.1. The second-order valence-electron chi connectivity index (χ2n) is 5.98. The average Bonchev–Trinajstić information content (AvgIpc) is 3.08. The average molecular weight is 344 g/mol. The van der Waals surface area contributed by atoms with Crippen LogP contribution >= 0.6 is 11.3 Å². The quantitative estimate of drug-likeness (QED) is 0.840. The highest BCUT2D eigenvalue weighted by molar-refractivity contribution is 7.08. The van der Waals surface area contributed by atoms with Gasteiger partial charge in [-0.15, -0.1) is 0 Å². The van der Waals surface area contributed by atoms with Crippen molar-refractivity contribution in [3.63, 3.8) is 0 Å². The summed E-state index contributed by atoms with van der Waals surface area (Å²) in [5.74, 6) is 0.956. The summed E-state index contributed by atoms with van der Waals surface area (Å²) in [7, 11) is 0. The van der Waals surface area contributed by atoms with E-state index in [0.717, 1.165) is 43.2 Å². The fraction of sp³-hybridized carbons (Fsp3) is 0.389. The zero-order valence-corrected chi connectivity index (χ0v) is 14.3. The van der Waals surface area contributed by atoms with Crippen molar-refractivity contribution in [2.75, 3.05) is 44.4 Å². The summed E-state index contributed by atoms with van der Waals surface area (Å²) in [5.41, 5.74) is 3.00. The summed E-state index contributed by atoms with van der Waals surface area (Å²) in [5, 5.41) is 3.84. The molecule has 2 aliphatic heterocycles. The van der Waals surface area contributed by atoms with Crippen molar-refractivity contribution < 1.29 is 14.3 Å². The normalized spacial score (nSPS) is 17.8. The van der Waals surface area contributed by atoms with Gasteiger partial charge in [-0.1, -0.05) is 0 Å². The number of benzene rings is 1. The molecule has 3 heterocycles. The molecule has 4 rings (SSSR count). The van der Waals surface area contributed by atoms with E-state index in [0.29, 0.717) is 19.7 Å². The zero-order chi connectivity index (χ0) is 16.4. The van der Waals surface area contributed by atoms with Crippen LogP contribution in [0, 0.1) is 0 Å². The molecule has 0 aliphatic carbocycles. The van der Waals surface area contributed by atoms with Crippen LogP contribution in [0.15, 0.2) is 35.0 Å². The maximum Gasteiger partial charge on any atom is 0.255 e. The van der Waals surface area contributed by atoms with Gasteiger partial charge in [0.05, 0.1) is 25.3 Å². The number of fused-ring (bicyclic) bond motifs is 1. The van der Waals surface area contributed by atoms with Gasteiger partial charge in [-0.3, -0.25) is 4.79 Å². The summed E-state index contributed by atoms with van der Waals surface area (Å²) in [4.78, 5) is 16.9. The van der Waals surface area contributed by atoms with Crippen LogP contribution in [0.1, 0.15) is 15.9 Å². The van der Waals surface area contributed by atoms with E-state index in [1.165, 1.54) is 5.69 Å². The van der Waals surface area contributed by atoms with Gasteiger partial charge in [-0.2, -0.15) is 11.3 Å². The first kappa shape index (κ1) is 15.5. The molecule has 5 nitrogen and oxygen atoms in total. The number of hydrogen-bond acceptors (Lipinski definition) is 5. The molecule has 0 N–H and O–H groups in total. The third kappa shape index (κ3) is 3.12. The Bertz CT molecular complexity index is 711. The number of hydrogen-bond donors (Lipinski definition) is 0. The molecule has 0 bridgehead atoms. The molecule has 2 aromatic rings. The lowest BCUT2D eigenvalue weighted by Crippen LogP contribution is -2.36. The number of anilines is 1. The Morgan fingerprint density at radius 1 is 1.08 bits per heavy atom. The van der Waals surface area contributed by atoms with Gasteiger partial charge >= 0.3 is 0 Å². The molecule has 1 aromatic heterocycles. The molecule has 1 aromatic carbocycles. The first-order valence-electron chi connectivity index (χ1n) is 8.21. The lowest BCUT2D eigenvalue weighted by atomic mass is 10.1. The van der Waals surface area contributed by atoms with Gasteiger partial charge < -0.3 is 19.3 Å². The molecule has 6 heteroatoms. The monoisotopic (exact) mass is 344 g/mol. The zero-order valence-electron chi connectivity index (χ0n) is 13.4. The van der Waals surface area contributed by atoms with Crippen molar-refractivity contribution in [2.24, 2.45) is 0 Å². The maximum absolute atomic E-state index is 12.7. The van der Waals surface area contributed by atoms with E-state index in [9.17, 15) is 4.79 Å². The maximum atomic E-state index is 12.7. The third-order valence-electron chi connectivity index (χ3n) is 4.46. The molecule has 126 valence electrons. The summed E-state index contributed by atoms with van der Waals surface area (Å²) >= 11 is 1.55. The van der Waals surface area contributed by atoms with Crippen molar-refractivity contribution in [2.45, 2.75) is 6.54 Å². The van der Waals surface area contributed by atoms with E-state index in [1.54, 1.807) is 11.3 Å². The van der Waals surface area contributed by atoms with E-state index < -0.39 is 0 Å². The largest absolute Gasteiger partial charge is 0.491 e. The van der Waals surface area contributed by atoms with Crippen LogP contribution in [0.25, 0.3) is 0 Å². The van der Waals surface area contributed by atoms with Crippen LogP contribution in [-0.2, 0) is 11.3 Å². The molecular weight excluding hydrogens is 324 g/mol. The van der Waals surface area contributed by atoms with Crippen molar-refractivity contribution in [3.05, 3.63) is 46.2 Å². The number of carbonyl (C=O) groups is 1. The second-order valence-corrected chi connectivity index (χ2v) is 6.76. The Kier molecular flexibility index (Phi) is 4.40. The lowest BCUT2D eigenvalue weighted by molar-refractivity contribution is 0.0734. The van der Waals surface area contributed by atoms with Gasteiger partial charge in [0, 0.05) is 36.3 Å². The lowest BCUT2D eigenvalue weighted by Gasteiger charge is -2.29. The van der Waals surface area contributed by atoms with E-state index in [4.69, 9.17) is 9.47 Å². The fourth-order valence-corrected chi connectivity index (χ4v) is 3.77. The Hall–Kier alpha value is -2.05. The first-order chi connectivity index (χ1) is 11.8. The summed E-state index contributed by atoms with van der Waals surface area (Å²) < 4.78 is 11.3. The third-order valence-corrected chi connectivity index (χ3v) is 5.14. The van der Waals surface area contributed by atoms with Crippen molar-refractivity contribution in [1.82, 2.24) is 4.90 Å². The van der Waals surface area contributed by atoms with Crippen molar-refractivity contribution in [3.8, 4) is 5.75 Å². The van der Waals surface area contributed by atoms with Crippen LogP contribution < -0.4 is 9.64 Å². The summed E-state index contributed by atoms with van der Waals surface area (Å²) in [6, 6.07) is 8.16. The fourth-order valence-electron chi connectivity index (χ4n) is 3.14. The van der Waals surface area contributed by atoms with Gasteiger partial charge in [0.2, 0.25) is 0 Å². The number of morpholine rings is 1. The van der Waals surface area contributed by atoms with Crippen LogP contribution in [0.3, 0.4) is 0 Å². The topological polar surface area (TPSA) is 42.0 Å². The molecule has 1 saturated heterocycles. The van der Waals surface area contributed by atoms with Crippen molar-refractivity contribution >= 4 is 22.9 Å². The Morgan fingerprint density at radius 3 is 2.75 bits per heavy atom. The predicted molar refractivity (Wildman–Crippen MR) is 94.0 cm³/mol. The number of amides is 1. The number of ether oxygens (including phenoxy) is 2. The smallest absolute Gasteiger partial charge is 0.255 e. The number of rotatable bonds is 2. The standard InChI is InChI=1S/C18H20N2O3S/c21-18(14-3-10-24-13-14)20-6-9-23-17-2-1-16(11-15(17)12-20)19-4-7-22-8-5-19/h1-3,10-11,13H,4-9,12H2. The second kappa shape index (κ2) is 6.83. The SMILES string of the molecule is O=C(c1ccsc1)N1CCOc2ccc(N3CCOCC3)cc2C1. The van der Waals surface area contributed by atoms with Crippen LogP contribution in [0.5, 0.6) is 5.75 Å². The molecule has 1 amide bonds. The molecule has 0 atom stereocenters. The highest BCUT2D eigenvalue weighted by Gasteiger charge is 2.22. The molecule has 1 fully saturated rings. The van der Waals surface area contributed by atoms with Crippen LogP contribution in [-0.4, -0.2) is 50.3 Å². The Balaban J connectivity index is 1.57. The molecular formula is C18H20N2O3S. The van der Waals surface area contributed by atoms with Crippen LogP contribution in [0.4, 0.5) is 5.69 Å². The highest BCUT2D eigenvalue weighted by Crippen LogP contribution is 2.29. The molecule has 0 spiro atoms. The Morgan fingerprint density at radius 2 is 1.96 bits per heavy atom. The Labute approximate surface area is 145 Å². The minimum atomic E-state index is 0.0736. The summed E-state index contributed by atoms with van der Waals surface area (Å²) in [6.07, 6.45) is 0.